The Morgan fingerprint density at radius 3 is 2.64 bits per heavy atom. The number of rotatable bonds is 1. The van der Waals surface area contributed by atoms with Crippen LogP contribution in [0, 0.1) is 5.41 Å². The summed E-state index contributed by atoms with van der Waals surface area (Å²) >= 11 is 0. The van der Waals surface area contributed by atoms with Gasteiger partial charge in [-0.1, -0.05) is 31.7 Å². The van der Waals surface area contributed by atoms with Crippen molar-refractivity contribution in [3.05, 3.63) is 36.0 Å². The molecule has 0 aromatic rings. The van der Waals surface area contributed by atoms with Gasteiger partial charge in [-0.25, -0.2) is 0 Å². The molecule has 0 aromatic heterocycles. The molecular weight excluding hydrogens is 172 g/mol. The lowest BCUT2D eigenvalue weighted by Gasteiger charge is -2.37. The van der Waals surface area contributed by atoms with Gasteiger partial charge in [-0.05, 0) is 36.3 Å². The van der Waals surface area contributed by atoms with Gasteiger partial charge in [0.15, 0.2) is 0 Å². The average Bonchev–Trinajstić information content (AvgIpc) is 2.14. The molecule has 2 aliphatic rings. The maximum atomic E-state index is 10.5. The highest BCUT2D eigenvalue weighted by Crippen LogP contribution is 2.57. The van der Waals surface area contributed by atoms with E-state index in [0.29, 0.717) is 0 Å². The van der Waals surface area contributed by atoms with Crippen LogP contribution in [0.2, 0.25) is 0 Å². The van der Waals surface area contributed by atoms with Gasteiger partial charge >= 0.3 is 0 Å². The van der Waals surface area contributed by atoms with Crippen molar-refractivity contribution in [3.8, 4) is 0 Å². The minimum absolute atomic E-state index is 0.0793. The first-order valence-corrected chi connectivity index (χ1v) is 5.15. The fourth-order valence-corrected chi connectivity index (χ4v) is 3.36. The fourth-order valence-electron chi connectivity index (χ4n) is 3.36. The Kier molecular flexibility index (Phi) is 1.81. The summed E-state index contributed by atoms with van der Waals surface area (Å²) in [5, 5.41) is 10.5. The average molecular weight is 190 g/mol. The van der Waals surface area contributed by atoms with Crippen LogP contribution in [0.1, 0.15) is 33.1 Å². The zero-order chi connectivity index (χ0) is 10.6. The van der Waals surface area contributed by atoms with E-state index < -0.39 is 5.60 Å². The molecule has 1 N–H and O–H groups in total. The van der Waals surface area contributed by atoms with Gasteiger partial charge in [-0.3, -0.25) is 0 Å². The van der Waals surface area contributed by atoms with Gasteiger partial charge in [0.05, 0.1) is 5.60 Å². The summed E-state index contributed by atoms with van der Waals surface area (Å²) in [5.74, 6) is 0. The molecule has 0 saturated heterocycles. The van der Waals surface area contributed by atoms with Crippen LogP contribution in [0.5, 0.6) is 0 Å². The monoisotopic (exact) mass is 190 g/mol. The normalized spacial score (nSPS) is 41.8. The van der Waals surface area contributed by atoms with Crippen LogP contribution in [0.15, 0.2) is 36.0 Å². The van der Waals surface area contributed by atoms with Crippen molar-refractivity contribution < 1.29 is 5.11 Å². The smallest absolute Gasteiger partial charge is 0.0905 e. The van der Waals surface area contributed by atoms with E-state index in [1.54, 1.807) is 0 Å². The summed E-state index contributed by atoms with van der Waals surface area (Å²) in [6.45, 7) is 12.1. The van der Waals surface area contributed by atoms with Crippen molar-refractivity contribution in [2.24, 2.45) is 5.41 Å². The molecule has 2 rings (SSSR count). The number of aliphatic hydroxyl groups is 1. The lowest BCUT2D eigenvalue weighted by atomic mass is 9.70. The third kappa shape index (κ3) is 1.05. The second kappa shape index (κ2) is 2.60. The van der Waals surface area contributed by atoms with E-state index in [-0.39, 0.29) is 5.41 Å². The summed E-state index contributed by atoms with van der Waals surface area (Å²) < 4.78 is 0. The minimum Gasteiger partial charge on any atom is -0.385 e. The maximum absolute atomic E-state index is 10.5. The maximum Gasteiger partial charge on any atom is 0.0905 e. The van der Waals surface area contributed by atoms with Crippen molar-refractivity contribution in [2.75, 3.05) is 0 Å². The first-order chi connectivity index (χ1) is 6.41. The summed E-state index contributed by atoms with van der Waals surface area (Å²) in [5.41, 5.74) is 2.95. The van der Waals surface area contributed by atoms with Crippen LogP contribution in [0.25, 0.3) is 0 Å². The highest BCUT2D eigenvalue weighted by Gasteiger charge is 2.51. The van der Waals surface area contributed by atoms with Gasteiger partial charge in [-0.15, -0.1) is 0 Å². The number of allylic oxidation sites excluding steroid dienone is 2. The quantitative estimate of drug-likeness (QED) is 0.630. The van der Waals surface area contributed by atoms with Crippen molar-refractivity contribution in [1.29, 1.82) is 0 Å². The van der Waals surface area contributed by atoms with Crippen LogP contribution in [-0.4, -0.2) is 10.7 Å². The van der Waals surface area contributed by atoms with Crippen molar-refractivity contribution >= 4 is 0 Å². The van der Waals surface area contributed by atoms with Crippen LogP contribution in [-0.2, 0) is 0 Å². The molecule has 1 fully saturated rings. The van der Waals surface area contributed by atoms with Crippen LogP contribution < -0.4 is 0 Å². The van der Waals surface area contributed by atoms with Crippen LogP contribution >= 0.6 is 0 Å². The Morgan fingerprint density at radius 1 is 1.43 bits per heavy atom. The van der Waals surface area contributed by atoms with Gasteiger partial charge in [0.2, 0.25) is 0 Å². The molecule has 2 atom stereocenters. The predicted octanol–water partition coefficient (Wildman–Crippen LogP) is 2.98. The molecule has 0 aromatic carbocycles. The second-order valence-corrected chi connectivity index (χ2v) is 5.12. The van der Waals surface area contributed by atoms with Gasteiger partial charge in [0.25, 0.3) is 0 Å². The number of hydrogen-bond donors (Lipinski definition) is 1. The zero-order valence-corrected chi connectivity index (χ0v) is 9.06. The summed E-state index contributed by atoms with van der Waals surface area (Å²) in [7, 11) is 0. The first-order valence-electron chi connectivity index (χ1n) is 5.15. The Labute approximate surface area is 85.8 Å². The predicted molar refractivity (Wildman–Crippen MR) is 58.9 cm³/mol. The Bertz CT molecular complexity index is 350. The third-order valence-electron chi connectivity index (χ3n) is 3.82. The zero-order valence-electron chi connectivity index (χ0n) is 9.06. The summed E-state index contributed by atoms with van der Waals surface area (Å²) in [6, 6.07) is 0. The highest BCUT2D eigenvalue weighted by molar-refractivity contribution is 5.45. The molecule has 1 nitrogen and oxygen atoms in total. The number of fused-ring (bicyclic) bond motifs is 2. The molecule has 0 amide bonds. The van der Waals surface area contributed by atoms with E-state index in [4.69, 9.17) is 0 Å². The van der Waals surface area contributed by atoms with Crippen molar-refractivity contribution in [1.82, 2.24) is 0 Å². The Hall–Kier alpha value is -0.820. The van der Waals surface area contributed by atoms with E-state index in [1.165, 1.54) is 5.57 Å². The summed E-state index contributed by atoms with van der Waals surface area (Å²) in [4.78, 5) is 0. The van der Waals surface area contributed by atoms with Crippen LogP contribution in [0.4, 0.5) is 0 Å². The molecule has 2 unspecified atom stereocenters. The SMILES string of the molecule is C=CC1=C(C)C2(O)CC(=C)CC1(C)C2. The Morgan fingerprint density at radius 2 is 2.07 bits per heavy atom. The van der Waals surface area contributed by atoms with Gasteiger partial charge in [-0.2, -0.15) is 0 Å². The molecule has 0 spiro atoms. The van der Waals surface area contributed by atoms with E-state index >= 15 is 0 Å². The third-order valence-corrected chi connectivity index (χ3v) is 3.82. The second-order valence-electron chi connectivity index (χ2n) is 5.12. The highest BCUT2D eigenvalue weighted by atomic mass is 16.3. The van der Waals surface area contributed by atoms with Crippen molar-refractivity contribution in [3.63, 3.8) is 0 Å². The molecule has 0 aliphatic heterocycles. The number of hydrogen-bond acceptors (Lipinski definition) is 1. The lowest BCUT2D eigenvalue weighted by Crippen LogP contribution is -2.35. The molecule has 2 aliphatic carbocycles. The van der Waals surface area contributed by atoms with Crippen molar-refractivity contribution in [2.45, 2.75) is 38.7 Å². The molecule has 0 heterocycles. The Balaban J connectivity index is 2.56. The summed E-state index contributed by atoms with van der Waals surface area (Å²) in [6.07, 6.45) is 4.47. The molecule has 1 saturated carbocycles. The van der Waals surface area contributed by atoms with Crippen LogP contribution in [0.3, 0.4) is 0 Å². The van der Waals surface area contributed by atoms with Gasteiger partial charge in [0, 0.05) is 6.42 Å². The standard InChI is InChI=1S/C13H18O/c1-5-11-10(3)13(14)7-9(2)6-12(11,4)8-13/h5,14H,1-2,6-8H2,3-4H3. The first kappa shape index (κ1) is 9.72. The van der Waals surface area contributed by atoms with E-state index in [1.807, 2.05) is 13.0 Å². The molecule has 76 valence electrons. The fraction of sp³-hybridized carbons (Fsp3) is 0.538. The van der Waals surface area contributed by atoms with E-state index in [9.17, 15) is 5.11 Å². The molecule has 2 bridgehead atoms. The minimum atomic E-state index is -0.631. The largest absolute Gasteiger partial charge is 0.385 e. The molecular formula is C13H18O. The molecule has 1 heteroatoms. The molecule has 14 heavy (non-hydrogen) atoms. The van der Waals surface area contributed by atoms with Gasteiger partial charge < -0.3 is 5.11 Å². The lowest BCUT2D eigenvalue weighted by molar-refractivity contribution is 0.0396. The molecule has 0 radical (unpaired) electrons. The van der Waals surface area contributed by atoms with E-state index in [2.05, 4.69) is 20.1 Å². The van der Waals surface area contributed by atoms with Gasteiger partial charge in [0.1, 0.15) is 0 Å². The topological polar surface area (TPSA) is 20.2 Å². The van der Waals surface area contributed by atoms with E-state index in [0.717, 1.165) is 30.4 Å².